The maximum Gasteiger partial charge on any atom is 0.343 e. The van der Waals surface area contributed by atoms with Crippen molar-refractivity contribution in [2.24, 2.45) is 0 Å². The van der Waals surface area contributed by atoms with Crippen molar-refractivity contribution in [3.63, 3.8) is 0 Å². The molecule has 0 aliphatic heterocycles. The van der Waals surface area contributed by atoms with Crippen LogP contribution in [0.1, 0.15) is 22.8 Å². The van der Waals surface area contributed by atoms with Crippen LogP contribution < -0.4 is 10.3 Å². The SMILES string of the molecule is CCOC(=O)c1cn2nc[nH]c(=O)c2c1OCc1ccccc1. The third kappa shape index (κ3) is 2.94. The van der Waals surface area contributed by atoms with E-state index >= 15 is 0 Å². The second-order valence-corrected chi connectivity index (χ2v) is 4.78. The number of hydrogen-bond donors (Lipinski definition) is 1. The quantitative estimate of drug-likeness (QED) is 0.726. The molecule has 1 aromatic carbocycles. The summed E-state index contributed by atoms with van der Waals surface area (Å²) < 4.78 is 12.1. The molecule has 2 heterocycles. The Kier molecular flexibility index (Phi) is 4.09. The standard InChI is InChI=1S/C16H15N3O4/c1-2-22-16(21)12-8-19-13(15(20)17-10-18-19)14(12)23-9-11-6-4-3-5-7-11/h3-8,10H,2,9H2,1H3,(H,17,18,20). The molecule has 7 heteroatoms. The number of benzene rings is 1. The van der Waals surface area contributed by atoms with Crippen molar-refractivity contribution in [3.8, 4) is 5.75 Å². The van der Waals surface area contributed by atoms with E-state index in [4.69, 9.17) is 9.47 Å². The summed E-state index contributed by atoms with van der Waals surface area (Å²) in [4.78, 5) is 26.6. The number of carbonyl (C=O) groups excluding carboxylic acids is 1. The highest BCUT2D eigenvalue weighted by Crippen LogP contribution is 2.26. The van der Waals surface area contributed by atoms with Gasteiger partial charge in [0.15, 0.2) is 11.3 Å². The molecule has 23 heavy (non-hydrogen) atoms. The lowest BCUT2D eigenvalue weighted by Crippen LogP contribution is -2.11. The molecule has 0 radical (unpaired) electrons. The molecule has 0 spiro atoms. The summed E-state index contributed by atoms with van der Waals surface area (Å²) in [6.45, 7) is 2.16. The van der Waals surface area contributed by atoms with Gasteiger partial charge in [0.05, 0.1) is 6.61 Å². The fourth-order valence-corrected chi connectivity index (χ4v) is 2.22. The molecule has 0 bridgehead atoms. The molecule has 1 N–H and O–H groups in total. The number of aromatic nitrogens is 3. The summed E-state index contributed by atoms with van der Waals surface area (Å²) in [6, 6.07) is 9.46. The molecule has 0 saturated heterocycles. The van der Waals surface area contributed by atoms with E-state index in [9.17, 15) is 9.59 Å². The first kappa shape index (κ1) is 14.8. The van der Waals surface area contributed by atoms with Crippen molar-refractivity contribution >= 4 is 11.5 Å². The van der Waals surface area contributed by atoms with Crippen LogP contribution in [0.3, 0.4) is 0 Å². The minimum absolute atomic E-state index is 0.168. The molecule has 0 amide bonds. The molecule has 0 unspecified atom stereocenters. The average Bonchev–Trinajstić information content (AvgIpc) is 2.94. The molecule has 0 saturated carbocycles. The van der Waals surface area contributed by atoms with Crippen molar-refractivity contribution in [2.45, 2.75) is 13.5 Å². The molecule has 118 valence electrons. The lowest BCUT2D eigenvalue weighted by atomic mass is 10.2. The van der Waals surface area contributed by atoms with Crippen LogP contribution in [-0.4, -0.2) is 27.2 Å². The van der Waals surface area contributed by atoms with Crippen molar-refractivity contribution in [3.05, 3.63) is 64.3 Å². The molecule has 3 aromatic rings. The van der Waals surface area contributed by atoms with Gasteiger partial charge in [0.1, 0.15) is 18.5 Å². The van der Waals surface area contributed by atoms with Crippen LogP contribution in [0, 0.1) is 0 Å². The molecule has 0 atom stereocenters. The van der Waals surface area contributed by atoms with Gasteiger partial charge in [0.25, 0.3) is 5.56 Å². The van der Waals surface area contributed by atoms with E-state index in [1.165, 1.54) is 17.0 Å². The van der Waals surface area contributed by atoms with Crippen LogP contribution in [0.25, 0.3) is 5.52 Å². The molecule has 0 fully saturated rings. The van der Waals surface area contributed by atoms with Crippen LogP contribution in [0.15, 0.2) is 47.7 Å². The summed E-state index contributed by atoms with van der Waals surface area (Å²) in [7, 11) is 0. The molecule has 2 aromatic heterocycles. The second-order valence-electron chi connectivity index (χ2n) is 4.78. The lowest BCUT2D eigenvalue weighted by molar-refractivity contribution is 0.0522. The zero-order valence-electron chi connectivity index (χ0n) is 12.5. The molecular weight excluding hydrogens is 298 g/mol. The third-order valence-corrected chi connectivity index (χ3v) is 3.25. The maximum atomic E-state index is 12.1. The molecule has 0 aliphatic carbocycles. The first-order valence-electron chi connectivity index (χ1n) is 7.13. The van der Waals surface area contributed by atoms with Gasteiger partial charge in [-0.25, -0.2) is 9.31 Å². The van der Waals surface area contributed by atoms with Crippen LogP contribution in [0.4, 0.5) is 0 Å². The van der Waals surface area contributed by atoms with Crippen LogP contribution >= 0.6 is 0 Å². The molecule has 7 nitrogen and oxygen atoms in total. The zero-order valence-corrected chi connectivity index (χ0v) is 12.5. The number of rotatable bonds is 5. The number of hydrogen-bond acceptors (Lipinski definition) is 5. The first-order chi connectivity index (χ1) is 11.2. The van der Waals surface area contributed by atoms with Gasteiger partial charge >= 0.3 is 5.97 Å². The van der Waals surface area contributed by atoms with Gasteiger partial charge in [0.2, 0.25) is 0 Å². The highest BCUT2D eigenvalue weighted by Gasteiger charge is 2.22. The predicted octanol–water partition coefficient (Wildman–Crippen LogP) is 1.78. The number of ether oxygens (including phenoxy) is 2. The van der Waals surface area contributed by atoms with E-state index in [0.717, 1.165) is 5.56 Å². The maximum absolute atomic E-state index is 12.1. The summed E-state index contributed by atoms with van der Waals surface area (Å²) in [5, 5.41) is 3.99. The second kappa shape index (κ2) is 6.35. The number of esters is 1. The fourth-order valence-electron chi connectivity index (χ4n) is 2.22. The minimum Gasteiger partial charge on any atom is -0.485 e. The summed E-state index contributed by atoms with van der Waals surface area (Å²) in [6.07, 6.45) is 2.69. The number of H-pyrrole nitrogens is 1. The lowest BCUT2D eigenvalue weighted by Gasteiger charge is -2.07. The number of carbonyl (C=O) groups is 1. The Morgan fingerprint density at radius 3 is 2.83 bits per heavy atom. The highest BCUT2D eigenvalue weighted by molar-refractivity contribution is 5.95. The summed E-state index contributed by atoms with van der Waals surface area (Å²) in [5.41, 5.74) is 0.874. The third-order valence-electron chi connectivity index (χ3n) is 3.25. The highest BCUT2D eigenvalue weighted by atomic mass is 16.5. The van der Waals surface area contributed by atoms with E-state index in [1.54, 1.807) is 6.92 Å². The Hall–Kier alpha value is -3.09. The Morgan fingerprint density at radius 1 is 1.30 bits per heavy atom. The van der Waals surface area contributed by atoms with E-state index in [-0.39, 0.29) is 30.0 Å². The largest absolute Gasteiger partial charge is 0.485 e. The smallest absolute Gasteiger partial charge is 0.343 e. The van der Waals surface area contributed by atoms with Crippen LogP contribution in [0.2, 0.25) is 0 Å². The van der Waals surface area contributed by atoms with Crippen LogP contribution in [0.5, 0.6) is 5.75 Å². The van der Waals surface area contributed by atoms with Gasteiger partial charge in [-0.2, -0.15) is 5.10 Å². The van der Waals surface area contributed by atoms with Crippen molar-refractivity contribution in [2.75, 3.05) is 6.61 Å². The van der Waals surface area contributed by atoms with E-state index in [0.29, 0.717) is 0 Å². The predicted molar refractivity (Wildman–Crippen MR) is 82.5 cm³/mol. The molecular formula is C16H15N3O4. The normalized spacial score (nSPS) is 10.7. The summed E-state index contributed by atoms with van der Waals surface area (Å²) in [5.74, 6) is -0.387. The zero-order chi connectivity index (χ0) is 16.2. The van der Waals surface area contributed by atoms with Gasteiger partial charge < -0.3 is 14.5 Å². The Balaban J connectivity index is 2.03. The number of nitrogens with one attached hydrogen (secondary N) is 1. The van der Waals surface area contributed by atoms with E-state index < -0.39 is 11.5 Å². The van der Waals surface area contributed by atoms with Crippen LogP contribution in [-0.2, 0) is 11.3 Å². The first-order valence-corrected chi connectivity index (χ1v) is 7.13. The molecule has 0 aliphatic rings. The van der Waals surface area contributed by atoms with Crippen molar-refractivity contribution in [1.29, 1.82) is 0 Å². The Bertz CT molecular complexity index is 883. The number of nitrogens with zero attached hydrogens (tertiary/aromatic N) is 2. The van der Waals surface area contributed by atoms with E-state index in [2.05, 4.69) is 10.1 Å². The Labute approximate surface area is 131 Å². The monoisotopic (exact) mass is 313 g/mol. The number of fused-ring (bicyclic) bond motifs is 1. The van der Waals surface area contributed by atoms with Gasteiger partial charge in [-0.3, -0.25) is 4.79 Å². The van der Waals surface area contributed by atoms with E-state index in [1.807, 2.05) is 30.3 Å². The van der Waals surface area contributed by atoms with Gasteiger partial charge in [-0.15, -0.1) is 0 Å². The topological polar surface area (TPSA) is 85.7 Å². The van der Waals surface area contributed by atoms with Gasteiger partial charge in [0, 0.05) is 6.20 Å². The Morgan fingerprint density at radius 2 is 2.09 bits per heavy atom. The fraction of sp³-hybridized carbons (Fsp3) is 0.188. The van der Waals surface area contributed by atoms with Gasteiger partial charge in [-0.05, 0) is 12.5 Å². The molecule has 3 rings (SSSR count). The minimum atomic E-state index is -0.555. The summed E-state index contributed by atoms with van der Waals surface area (Å²) >= 11 is 0. The van der Waals surface area contributed by atoms with Crippen molar-refractivity contribution in [1.82, 2.24) is 14.6 Å². The van der Waals surface area contributed by atoms with Crippen molar-refractivity contribution < 1.29 is 14.3 Å². The van der Waals surface area contributed by atoms with Gasteiger partial charge in [-0.1, -0.05) is 30.3 Å². The average molecular weight is 313 g/mol. The number of aromatic amines is 1.